The Hall–Kier alpha value is -2.07. The van der Waals surface area contributed by atoms with E-state index in [-0.39, 0.29) is 5.78 Å². The van der Waals surface area contributed by atoms with E-state index in [4.69, 9.17) is 9.15 Å². The lowest BCUT2D eigenvalue weighted by Crippen LogP contribution is -2.25. The Morgan fingerprint density at radius 2 is 2.00 bits per heavy atom. The van der Waals surface area contributed by atoms with Crippen LogP contribution < -0.4 is 4.74 Å². The molecule has 0 amide bonds. The minimum Gasteiger partial charge on any atom is -0.494 e. The first kappa shape index (κ1) is 14.3. The van der Waals surface area contributed by atoms with Gasteiger partial charge in [-0.15, -0.1) is 0 Å². The molecule has 0 unspecified atom stereocenters. The van der Waals surface area contributed by atoms with Crippen LogP contribution in [0.4, 0.5) is 0 Å². The van der Waals surface area contributed by atoms with Gasteiger partial charge < -0.3 is 9.15 Å². The quantitative estimate of drug-likeness (QED) is 0.727. The molecule has 1 aromatic carbocycles. The van der Waals surface area contributed by atoms with Crippen LogP contribution in [0.25, 0.3) is 0 Å². The van der Waals surface area contributed by atoms with E-state index in [0.717, 1.165) is 11.3 Å². The van der Waals surface area contributed by atoms with E-state index in [1.807, 2.05) is 37.1 Å². The molecule has 4 nitrogen and oxygen atoms in total. The van der Waals surface area contributed by atoms with Crippen molar-refractivity contribution >= 4 is 5.78 Å². The summed E-state index contributed by atoms with van der Waals surface area (Å²) in [6, 6.07) is 9.16. The molecular formula is C16H19NO3. The summed E-state index contributed by atoms with van der Waals surface area (Å²) in [6.45, 7) is 3.63. The molecule has 20 heavy (non-hydrogen) atoms. The minimum absolute atomic E-state index is 0.0963. The molecule has 0 N–H and O–H groups in total. The zero-order valence-electron chi connectivity index (χ0n) is 11.8. The zero-order chi connectivity index (χ0) is 14.4. The number of likely N-dealkylation sites (N-methyl/N-ethyl adjacent to an activating group) is 1. The standard InChI is InChI=1S/C16H19NO3/c1-3-20-15-6-4-14(5-7-15)16(18)11-17(2)10-13-8-9-19-12-13/h4-9,12H,3,10-11H2,1-2H3. The molecule has 0 aliphatic carbocycles. The molecule has 1 heterocycles. The molecule has 0 saturated carbocycles. The summed E-state index contributed by atoms with van der Waals surface area (Å²) in [4.78, 5) is 14.1. The number of Topliss-reactive ketones (excluding diaryl/α,β-unsaturated/α-hetero) is 1. The van der Waals surface area contributed by atoms with Crippen LogP contribution >= 0.6 is 0 Å². The normalized spacial score (nSPS) is 10.8. The van der Waals surface area contributed by atoms with Gasteiger partial charge in [0.25, 0.3) is 0 Å². The molecule has 106 valence electrons. The summed E-state index contributed by atoms with van der Waals surface area (Å²) in [6.07, 6.45) is 3.33. The maximum absolute atomic E-state index is 12.1. The highest BCUT2D eigenvalue weighted by Crippen LogP contribution is 2.13. The molecule has 2 aromatic rings. The number of benzene rings is 1. The second kappa shape index (κ2) is 6.91. The number of carbonyl (C=O) groups is 1. The van der Waals surface area contributed by atoms with Crippen LogP contribution in [0.3, 0.4) is 0 Å². The third kappa shape index (κ3) is 3.96. The van der Waals surface area contributed by atoms with E-state index in [9.17, 15) is 4.79 Å². The van der Waals surface area contributed by atoms with Crippen molar-refractivity contribution in [2.24, 2.45) is 0 Å². The first-order valence-corrected chi connectivity index (χ1v) is 6.64. The molecule has 0 fully saturated rings. The minimum atomic E-state index is 0.0963. The van der Waals surface area contributed by atoms with E-state index < -0.39 is 0 Å². The molecule has 0 bridgehead atoms. The fourth-order valence-corrected chi connectivity index (χ4v) is 1.99. The van der Waals surface area contributed by atoms with Gasteiger partial charge in [-0.2, -0.15) is 0 Å². The molecule has 0 saturated heterocycles. The Labute approximate surface area is 119 Å². The molecule has 0 atom stereocenters. The van der Waals surface area contributed by atoms with Crippen LogP contribution in [0.5, 0.6) is 5.75 Å². The van der Waals surface area contributed by atoms with Crippen molar-refractivity contribution in [3.8, 4) is 5.75 Å². The molecule has 4 heteroatoms. The van der Waals surface area contributed by atoms with Crippen molar-refractivity contribution in [2.45, 2.75) is 13.5 Å². The fourth-order valence-electron chi connectivity index (χ4n) is 1.99. The molecule has 2 rings (SSSR count). The van der Waals surface area contributed by atoms with Gasteiger partial charge in [0.15, 0.2) is 5.78 Å². The summed E-state index contributed by atoms with van der Waals surface area (Å²) in [5.74, 6) is 0.884. The number of rotatable bonds is 7. The Morgan fingerprint density at radius 1 is 1.25 bits per heavy atom. The Balaban J connectivity index is 1.90. The van der Waals surface area contributed by atoms with E-state index in [0.29, 0.717) is 25.3 Å². The van der Waals surface area contributed by atoms with Gasteiger partial charge in [-0.3, -0.25) is 9.69 Å². The summed E-state index contributed by atoms with van der Waals surface area (Å²) in [5.41, 5.74) is 1.76. The van der Waals surface area contributed by atoms with Crippen molar-refractivity contribution in [1.82, 2.24) is 4.90 Å². The van der Waals surface area contributed by atoms with Gasteiger partial charge >= 0.3 is 0 Å². The van der Waals surface area contributed by atoms with Crippen LogP contribution in [0, 0.1) is 0 Å². The van der Waals surface area contributed by atoms with Crippen LogP contribution in [-0.4, -0.2) is 30.9 Å². The third-order valence-electron chi connectivity index (χ3n) is 2.93. The molecule has 0 radical (unpaired) electrons. The van der Waals surface area contributed by atoms with Gasteiger partial charge in [-0.1, -0.05) is 0 Å². The topological polar surface area (TPSA) is 42.7 Å². The molecule has 0 aliphatic rings. The predicted molar refractivity (Wildman–Crippen MR) is 77.0 cm³/mol. The molecular weight excluding hydrogens is 254 g/mol. The molecule has 1 aromatic heterocycles. The van der Waals surface area contributed by atoms with Crippen molar-refractivity contribution in [1.29, 1.82) is 0 Å². The summed E-state index contributed by atoms with van der Waals surface area (Å²) in [5, 5.41) is 0. The van der Waals surface area contributed by atoms with E-state index in [1.165, 1.54) is 0 Å². The van der Waals surface area contributed by atoms with Crippen LogP contribution in [-0.2, 0) is 6.54 Å². The Morgan fingerprint density at radius 3 is 2.60 bits per heavy atom. The van der Waals surface area contributed by atoms with Crippen molar-refractivity contribution < 1.29 is 13.9 Å². The second-order valence-corrected chi connectivity index (χ2v) is 4.68. The van der Waals surface area contributed by atoms with Gasteiger partial charge in [0.1, 0.15) is 5.75 Å². The summed E-state index contributed by atoms with van der Waals surface area (Å²) < 4.78 is 10.4. The van der Waals surface area contributed by atoms with Crippen molar-refractivity contribution in [3.05, 3.63) is 54.0 Å². The van der Waals surface area contributed by atoms with Gasteiger partial charge in [0, 0.05) is 17.7 Å². The van der Waals surface area contributed by atoms with Gasteiger partial charge in [-0.25, -0.2) is 0 Å². The highest BCUT2D eigenvalue weighted by Gasteiger charge is 2.10. The van der Waals surface area contributed by atoms with E-state index in [2.05, 4.69) is 0 Å². The van der Waals surface area contributed by atoms with E-state index in [1.54, 1.807) is 24.7 Å². The number of ketones is 1. The monoisotopic (exact) mass is 273 g/mol. The first-order valence-electron chi connectivity index (χ1n) is 6.64. The van der Waals surface area contributed by atoms with Crippen molar-refractivity contribution in [2.75, 3.05) is 20.2 Å². The Kier molecular flexibility index (Phi) is 4.96. The van der Waals surface area contributed by atoms with Gasteiger partial charge in [0.2, 0.25) is 0 Å². The average Bonchev–Trinajstić information content (AvgIpc) is 2.92. The maximum Gasteiger partial charge on any atom is 0.176 e. The van der Waals surface area contributed by atoms with Gasteiger partial charge in [-0.05, 0) is 44.3 Å². The number of ether oxygens (including phenoxy) is 1. The fraction of sp³-hybridized carbons (Fsp3) is 0.312. The third-order valence-corrected chi connectivity index (χ3v) is 2.93. The summed E-state index contributed by atoms with van der Waals surface area (Å²) >= 11 is 0. The smallest absolute Gasteiger partial charge is 0.176 e. The lowest BCUT2D eigenvalue weighted by atomic mass is 10.1. The first-order chi connectivity index (χ1) is 9.69. The number of furan rings is 1. The number of nitrogens with zero attached hydrogens (tertiary/aromatic N) is 1. The number of hydrogen-bond acceptors (Lipinski definition) is 4. The number of hydrogen-bond donors (Lipinski definition) is 0. The van der Waals surface area contributed by atoms with Gasteiger partial charge in [0.05, 0.1) is 25.7 Å². The number of carbonyl (C=O) groups excluding carboxylic acids is 1. The SMILES string of the molecule is CCOc1ccc(C(=O)CN(C)Cc2ccoc2)cc1. The highest BCUT2D eigenvalue weighted by atomic mass is 16.5. The highest BCUT2D eigenvalue weighted by molar-refractivity contribution is 5.97. The van der Waals surface area contributed by atoms with Crippen molar-refractivity contribution in [3.63, 3.8) is 0 Å². The van der Waals surface area contributed by atoms with Crippen LogP contribution in [0.2, 0.25) is 0 Å². The Bertz CT molecular complexity index is 531. The predicted octanol–water partition coefficient (Wildman–Crippen LogP) is 2.99. The largest absolute Gasteiger partial charge is 0.494 e. The van der Waals surface area contributed by atoms with Crippen LogP contribution in [0.1, 0.15) is 22.8 Å². The lowest BCUT2D eigenvalue weighted by molar-refractivity contribution is 0.0943. The molecule has 0 spiro atoms. The lowest BCUT2D eigenvalue weighted by Gasteiger charge is -2.14. The second-order valence-electron chi connectivity index (χ2n) is 4.68. The van der Waals surface area contributed by atoms with Crippen LogP contribution in [0.15, 0.2) is 47.3 Å². The summed E-state index contributed by atoms with van der Waals surface area (Å²) in [7, 11) is 1.92. The maximum atomic E-state index is 12.1. The van der Waals surface area contributed by atoms with E-state index >= 15 is 0 Å². The zero-order valence-corrected chi connectivity index (χ0v) is 11.8. The average molecular weight is 273 g/mol. The molecule has 0 aliphatic heterocycles.